The van der Waals surface area contributed by atoms with E-state index in [9.17, 15) is 18.0 Å². The van der Waals surface area contributed by atoms with Crippen molar-refractivity contribution in [3.63, 3.8) is 0 Å². The van der Waals surface area contributed by atoms with Gasteiger partial charge in [0.25, 0.3) is 0 Å². The third-order valence-corrected chi connectivity index (χ3v) is 6.51. The van der Waals surface area contributed by atoms with Gasteiger partial charge in [-0.3, -0.25) is 9.88 Å². The summed E-state index contributed by atoms with van der Waals surface area (Å²) in [6.07, 6.45) is 1.40. The number of aromatic nitrogens is 2. The van der Waals surface area contributed by atoms with Crippen molar-refractivity contribution in [1.29, 1.82) is 0 Å². The van der Waals surface area contributed by atoms with E-state index in [1.807, 2.05) is 6.07 Å². The van der Waals surface area contributed by atoms with Gasteiger partial charge in [-0.05, 0) is 49.9 Å². The molecule has 5 rings (SSSR count). The molecule has 2 saturated heterocycles. The summed E-state index contributed by atoms with van der Waals surface area (Å²) in [6, 6.07) is 6.83. The van der Waals surface area contributed by atoms with E-state index in [0.29, 0.717) is 36.8 Å². The Bertz CT molecular complexity index is 985. The fraction of sp³-hybridized carbons (Fsp3) is 0.500. The number of anilines is 4. The number of pyridine rings is 2. The first kappa shape index (κ1) is 20.8. The molecule has 3 aliphatic heterocycles. The maximum Gasteiger partial charge on any atom is 0.393 e. The van der Waals surface area contributed by atoms with Crippen LogP contribution in [0.4, 0.5) is 41.0 Å². The number of alkyl halides is 3. The summed E-state index contributed by atoms with van der Waals surface area (Å²) < 4.78 is 39.9. The largest absolute Gasteiger partial charge is 0.393 e. The summed E-state index contributed by atoms with van der Waals surface area (Å²) in [6.45, 7) is 2.01. The van der Waals surface area contributed by atoms with Crippen molar-refractivity contribution < 1.29 is 18.0 Å². The number of halogens is 3. The van der Waals surface area contributed by atoms with E-state index < -0.39 is 12.1 Å². The molecule has 5 heterocycles. The maximum atomic E-state index is 13.3. The molecule has 0 radical (unpaired) electrons. The van der Waals surface area contributed by atoms with Gasteiger partial charge in [0.05, 0.1) is 29.5 Å². The van der Waals surface area contributed by atoms with E-state index in [1.165, 1.54) is 0 Å². The molecule has 0 aromatic carbocycles. The van der Waals surface area contributed by atoms with Gasteiger partial charge in [0, 0.05) is 32.4 Å². The minimum atomic E-state index is -4.22. The minimum Gasteiger partial charge on any atom is -0.366 e. The first-order valence-electron chi connectivity index (χ1n) is 11.0. The summed E-state index contributed by atoms with van der Waals surface area (Å²) in [5, 5.41) is 2.89. The van der Waals surface area contributed by atoms with Crippen LogP contribution in [-0.2, 0) is 0 Å². The maximum absolute atomic E-state index is 13.3. The number of carbonyl (C=O) groups excluding carboxylic acids is 1. The van der Waals surface area contributed by atoms with Crippen LogP contribution in [0.15, 0.2) is 36.7 Å². The molecule has 0 saturated carbocycles. The molecule has 1 N–H and O–H groups in total. The summed E-state index contributed by atoms with van der Waals surface area (Å²) in [5.41, 5.74) is 1.42. The van der Waals surface area contributed by atoms with E-state index in [-0.39, 0.29) is 25.0 Å². The Morgan fingerprint density at radius 1 is 1.06 bits per heavy atom. The van der Waals surface area contributed by atoms with E-state index in [0.717, 1.165) is 25.1 Å². The Hall–Kier alpha value is -3.04. The molecule has 2 atom stereocenters. The number of carbonyl (C=O) groups is 1. The van der Waals surface area contributed by atoms with Crippen LogP contribution in [0, 0.1) is 5.92 Å². The lowest BCUT2D eigenvalue weighted by molar-refractivity contribution is -0.176. The van der Waals surface area contributed by atoms with Crippen LogP contribution in [-0.4, -0.2) is 54.4 Å². The van der Waals surface area contributed by atoms with Crippen molar-refractivity contribution in [3.8, 4) is 0 Å². The molecule has 10 heteroatoms. The number of rotatable bonds is 2. The van der Waals surface area contributed by atoms with Crippen molar-refractivity contribution in [2.75, 3.05) is 46.2 Å². The lowest BCUT2D eigenvalue weighted by Gasteiger charge is -2.46. The van der Waals surface area contributed by atoms with Crippen LogP contribution in [0.5, 0.6) is 0 Å². The number of nitrogens with zero attached hydrogens (tertiary/aromatic N) is 5. The molecule has 2 aromatic rings. The van der Waals surface area contributed by atoms with Crippen molar-refractivity contribution in [3.05, 3.63) is 36.7 Å². The molecular weight excluding hydrogens is 421 g/mol. The Kier molecular flexibility index (Phi) is 5.30. The standard InChI is InChI=1S/C22H25F3N6O/c23-22(24,25)15-4-2-11-30(13-15)19-8-7-18-20(28-19)31(17-6-3-10-29(18)14-17)21(32)27-16-5-1-9-26-12-16/h1,5,7-9,12,15,17H,2-4,6,10-11,13-14H2,(H,27,32)/t15?,17-/m0/s1. The van der Waals surface area contributed by atoms with Gasteiger partial charge in [0.1, 0.15) is 5.82 Å². The van der Waals surface area contributed by atoms with Gasteiger partial charge in [0.2, 0.25) is 0 Å². The third-order valence-electron chi connectivity index (χ3n) is 6.51. The molecule has 0 spiro atoms. The third kappa shape index (κ3) is 3.93. The van der Waals surface area contributed by atoms with Crippen molar-refractivity contribution >= 4 is 29.0 Å². The van der Waals surface area contributed by atoms with E-state index in [2.05, 4.69) is 15.2 Å². The summed E-state index contributed by atoms with van der Waals surface area (Å²) in [7, 11) is 0. The fourth-order valence-corrected chi connectivity index (χ4v) is 4.92. The summed E-state index contributed by atoms with van der Waals surface area (Å²) in [5.74, 6) is -0.366. The molecule has 0 aliphatic carbocycles. The Labute approximate surface area is 184 Å². The number of amides is 2. The molecule has 170 valence electrons. The van der Waals surface area contributed by atoms with Gasteiger partial charge < -0.3 is 15.1 Å². The number of urea groups is 1. The van der Waals surface area contributed by atoms with Crippen molar-refractivity contribution in [1.82, 2.24) is 9.97 Å². The predicted octanol–water partition coefficient (Wildman–Crippen LogP) is 4.28. The van der Waals surface area contributed by atoms with Crippen molar-refractivity contribution in [2.45, 2.75) is 37.9 Å². The van der Waals surface area contributed by atoms with Crippen molar-refractivity contribution in [2.24, 2.45) is 5.92 Å². The number of fused-ring (bicyclic) bond motifs is 4. The van der Waals surface area contributed by atoms with Crippen LogP contribution < -0.4 is 20.0 Å². The van der Waals surface area contributed by atoms with E-state index in [4.69, 9.17) is 4.98 Å². The second-order valence-corrected chi connectivity index (χ2v) is 8.62. The van der Waals surface area contributed by atoms with Gasteiger partial charge >= 0.3 is 12.2 Å². The Morgan fingerprint density at radius 2 is 1.88 bits per heavy atom. The quantitative estimate of drug-likeness (QED) is 0.746. The number of piperidine rings is 2. The highest BCUT2D eigenvalue weighted by atomic mass is 19.4. The van der Waals surface area contributed by atoms with E-state index >= 15 is 0 Å². The molecule has 2 aromatic heterocycles. The molecule has 2 bridgehead atoms. The first-order chi connectivity index (χ1) is 15.4. The average Bonchev–Trinajstić information content (AvgIpc) is 2.79. The molecule has 32 heavy (non-hydrogen) atoms. The summed E-state index contributed by atoms with van der Waals surface area (Å²) >= 11 is 0. The second kappa shape index (κ2) is 8.14. The lowest BCUT2D eigenvalue weighted by Crippen LogP contribution is -2.56. The SMILES string of the molecule is O=C(Nc1cccnc1)N1c2nc(N3CCCC(C(F)(F)F)C3)ccc2N2CCC[C@H]1C2. The van der Waals surface area contributed by atoms with Gasteiger partial charge in [-0.2, -0.15) is 13.2 Å². The lowest BCUT2D eigenvalue weighted by atomic mass is 9.97. The molecule has 1 unspecified atom stereocenters. The Balaban J connectivity index is 1.47. The van der Waals surface area contributed by atoms with Gasteiger partial charge in [0.15, 0.2) is 5.82 Å². The zero-order valence-corrected chi connectivity index (χ0v) is 17.6. The normalized spacial score (nSPS) is 23.0. The van der Waals surface area contributed by atoms with E-state index in [1.54, 1.807) is 40.4 Å². The van der Waals surface area contributed by atoms with Crippen LogP contribution in [0.3, 0.4) is 0 Å². The van der Waals surface area contributed by atoms with Gasteiger partial charge in [-0.25, -0.2) is 9.78 Å². The first-order valence-corrected chi connectivity index (χ1v) is 11.0. The highest BCUT2D eigenvalue weighted by Crippen LogP contribution is 2.41. The zero-order chi connectivity index (χ0) is 22.3. The topological polar surface area (TPSA) is 64.6 Å². The van der Waals surface area contributed by atoms with Gasteiger partial charge in [-0.15, -0.1) is 0 Å². The highest BCUT2D eigenvalue weighted by molar-refractivity contribution is 6.04. The second-order valence-electron chi connectivity index (χ2n) is 8.62. The van der Waals surface area contributed by atoms with Crippen LogP contribution in [0.2, 0.25) is 0 Å². The predicted molar refractivity (Wildman–Crippen MR) is 116 cm³/mol. The molecule has 3 aliphatic rings. The van der Waals surface area contributed by atoms with Crippen LogP contribution in [0.25, 0.3) is 0 Å². The monoisotopic (exact) mass is 446 g/mol. The highest BCUT2D eigenvalue weighted by Gasteiger charge is 2.43. The molecule has 2 fully saturated rings. The minimum absolute atomic E-state index is 0.0417. The van der Waals surface area contributed by atoms with Crippen LogP contribution >= 0.6 is 0 Å². The fourth-order valence-electron chi connectivity index (χ4n) is 4.92. The average molecular weight is 446 g/mol. The smallest absolute Gasteiger partial charge is 0.366 e. The zero-order valence-electron chi connectivity index (χ0n) is 17.6. The number of hydrogen-bond acceptors (Lipinski definition) is 5. The van der Waals surface area contributed by atoms with Crippen LogP contribution in [0.1, 0.15) is 25.7 Å². The molecule has 7 nitrogen and oxygen atoms in total. The van der Waals surface area contributed by atoms with Gasteiger partial charge in [-0.1, -0.05) is 0 Å². The summed E-state index contributed by atoms with van der Waals surface area (Å²) in [4.78, 5) is 27.6. The Morgan fingerprint density at radius 3 is 2.66 bits per heavy atom. The number of nitrogens with one attached hydrogen (secondary N) is 1. The molecular formula is C22H25F3N6O. The number of hydrogen-bond donors (Lipinski definition) is 1. The molecule has 2 amide bonds.